The Morgan fingerprint density at radius 3 is 2.54 bits per heavy atom. The minimum atomic E-state index is -0.0463. The van der Waals surface area contributed by atoms with E-state index in [-0.39, 0.29) is 17.7 Å². The number of hydrogen-bond acceptors (Lipinski definition) is 3. The summed E-state index contributed by atoms with van der Waals surface area (Å²) < 4.78 is 5.58. The number of carbonyl (C=O) groups excluding carboxylic acids is 2. The maximum Gasteiger partial charge on any atom is 0.226 e. The van der Waals surface area contributed by atoms with Crippen molar-refractivity contribution in [1.29, 1.82) is 0 Å². The maximum absolute atomic E-state index is 12.4. The Balaban J connectivity index is 1.97. The average molecular weight is 330 g/mol. The summed E-state index contributed by atoms with van der Waals surface area (Å²) in [6.45, 7) is 8.74. The number of hydrogen-bond donors (Lipinski definition) is 1. The van der Waals surface area contributed by atoms with Gasteiger partial charge in [0.15, 0.2) is 0 Å². The molecular formula is C19H26N2O3. The van der Waals surface area contributed by atoms with E-state index in [0.717, 1.165) is 16.5 Å². The lowest BCUT2D eigenvalue weighted by atomic mass is 10.0. The fraction of sp³-hybridized carbons (Fsp3) is 0.474. The summed E-state index contributed by atoms with van der Waals surface area (Å²) in [5.41, 5.74) is 4.07. The molecule has 2 amide bonds. The van der Waals surface area contributed by atoms with Crippen LogP contribution in [0.25, 0.3) is 11.0 Å². The first-order valence-corrected chi connectivity index (χ1v) is 8.28. The zero-order valence-corrected chi connectivity index (χ0v) is 15.1. The van der Waals surface area contributed by atoms with E-state index in [2.05, 4.69) is 18.3 Å². The second kappa shape index (κ2) is 7.51. The summed E-state index contributed by atoms with van der Waals surface area (Å²) in [6.07, 6.45) is 1.96. The van der Waals surface area contributed by atoms with Crippen molar-refractivity contribution in [2.24, 2.45) is 5.92 Å². The van der Waals surface area contributed by atoms with Crippen LogP contribution in [-0.2, 0) is 16.0 Å². The number of rotatable bonds is 6. The third-order valence-corrected chi connectivity index (χ3v) is 4.31. The van der Waals surface area contributed by atoms with E-state index in [1.54, 1.807) is 18.2 Å². The smallest absolute Gasteiger partial charge is 0.226 e. The van der Waals surface area contributed by atoms with Crippen molar-refractivity contribution < 1.29 is 14.0 Å². The van der Waals surface area contributed by atoms with E-state index >= 15 is 0 Å². The van der Waals surface area contributed by atoms with Crippen molar-refractivity contribution in [3.05, 3.63) is 35.1 Å². The highest BCUT2D eigenvalue weighted by molar-refractivity contribution is 5.88. The van der Waals surface area contributed by atoms with Gasteiger partial charge in [0.25, 0.3) is 0 Å². The minimum Gasteiger partial charge on any atom is -0.464 e. The van der Waals surface area contributed by atoms with E-state index in [1.165, 1.54) is 11.1 Å². The molecule has 1 aromatic heterocycles. The molecule has 0 bridgehead atoms. The standard InChI is InChI=1S/C19H26N2O3/c1-12(2)19(23)20-6-7-21(5)18(22)10-15-11-24-17-9-14(4)13(3)8-16(15)17/h8-9,11-12H,6-7,10H2,1-5H3,(H,20,23). The number of amides is 2. The van der Waals surface area contributed by atoms with Gasteiger partial charge in [-0.2, -0.15) is 0 Å². The van der Waals surface area contributed by atoms with Gasteiger partial charge in [0.1, 0.15) is 5.58 Å². The monoisotopic (exact) mass is 330 g/mol. The molecule has 0 saturated carbocycles. The second-order valence-electron chi connectivity index (χ2n) is 6.63. The summed E-state index contributed by atoms with van der Waals surface area (Å²) in [7, 11) is 1.75. The molecule has 130 valence electrons. The maximum atomic E-state index is 12.4. The predicted octanol–water partition coefficient (Wildman–Crippen LogP) is 2.82. The highest BCUT2D eigenvalue weighted by Gasteiger charge is 2.15. The van der Waals surface area contributed by atoms with E-state index in [0.29, 0.717) is 19.5 Å². The number of fused-ring (bicyclic) bond motifs is 1. The van der Waals surface area contributed by atoms with E-state index < -0.39 is 0 Å². The topological polar surface area (TPSA) is 62.6 Å². The fourth-order valence-corrected chi connectivity index (χ4v) is 2.45. The summed E-state index contributed by atoms with van der Waals surface area (Å²) in [4.78, 5) is 25.6. The van der Waals surface area contributed by atoms with Gasteiger partial charge in [0, 0.05) is 37.0 Å². The van der Waals surface area contributed by atoms with Crippen molar-refractivity contribution in [2.45, 2.75) is 34.1 Å². The molecule has 0 aliphatic carbocycles. The number of likely N-dealkylation sites (N-methyl/N-ethyl adjacent to an activating group) is 1. The molecule has 24 heavy (non-hydrogen) atoms. The summed E-state index contributed by atoms with van der Waals surface area (Å²) in [5.74, 6) is -0.0350. The molecule has 1 N–H and O–H groups in total. The molecule has 0 saturated heterocycles. The number of carbonyl (C=O) groups is 2. The number of aryl methyl sites for hydroxylation is 2. The van der Waals surface area contributed by atoms with Crippen LogP contribution in [0.5, 0.6) is 0 Å². The van der Waals surface area contributed by atoms with Crippen LogP contribution in [-0.4, -0.2) is 36.9 Å². The van der Waals surface area contributed by atoms with Crippen LogP contribution in [0.1, 0.15) is 30.5 Å². The normalized spacial score (nSPS) is 11.1. The van der Waals surface area contributed by atoms with Crippen LogP contribution in [0.4, 0.5) is 0 Å². The fourth-order valence-electron chi connectivity index (χ4n) is 2.45. The molecule has 1 heterocycles. The van der Waals surface area contributed by atoms with Crippen molar-refractivity contribution in [2.75, 3.05) is 20.1 Å². The number of nitrogens with one attached hydrogen (secondary N) is 1. The summed E-state index contributed by atoms with van der Waals surface area (Å²) >= 11 is 0. The lowest BCUT2D eigenvalue weighted by Crippen LogP contribution is -2.38. The molecule has 0 radical (unpaired) electrons. The van der Waals surface area contributed by atoms with E-state index in [4.69, 9.17) is 4.42 Å². The van der Waals surface area contributed by atoms with Crippen LogP contribution in [0.2, 0.25) is 0 Å². The molecular weight excluding hydrogens is 304 g/mol. The molecule has 2 aromatic rings. The predicted molar refractivity (Wildman–Crippen MR) is 94.9 cm³/mol. The van der Waals surface area contributed by atoms with Gasteiger partial charge >= 0.3 is 0 Å². The molecule has 0 aliphatic heterocycles. The van der Waals surface area contributed by atoms with Crippen molar-refractivity contribution in [1.82, 2.24) is 10.2 Å². The van der Waals surface area contributed by atoms with Gasteiger partial charge in [-0.3, -0.25) is 9.59 Å². The molecule has 2 rings (SSSR count). The minimum absolute atomic E-state index is 0.00234. The lowest BCUT2D eigenvalue weighted by molar-refractivity contribution is -0.130. The van der Waals surface area contributed by atoms with Crippen molar-refractivity contribution in [3.63, 3.8) is 0 Å². The Hall–Kier alpha value is -2.30. The van der Waals surface area contributed by atoms with Crippen LogP contribution >= 0.6 is 0 Å². The quantitative estimate of drug-likeness (QED) is 0.886. The molecule has 0 aliphatic rings. The van der Waals surface area contributed by atoms with Crippen LogP contribution in [0.15, 0.2) is 22.8 Å². The van der Waals surface area contributed by atoms with Crippen LogP contribution in [0, 0.1) is 19.8 Å². The van der Waals surface area contributed by atoms with Gasteiger partial charge < -0.3 is 14.6 Å². The SMILES string of the molecule is Cc1cc2occ(CC(=O)N(C)CCNC(=O)C(C)C)c2cc1C. The van der Waals surface area contributed by atoms with Crippen LogP contribution in [0.3, 0.4) is 0 Å². The van der Waals surface area contributed by atoms with Crippen molar-refractivity contribution >= 4 is 22.8 Å². The van der Waals surface area contributed by atoms with Gasteiger partial charge in [-0.15, -0.1) is 0 Å². The Kier molecular flexibility index (Phi) is 5.65. The molecule has 5 nitrogen and oxygen atoms in total. The average Bonchev–Trinajstić information content (AvgIpc) is 2.89. The summed E-state index contributed by atoms with van der Waals surface area (Å²) in [5, 5.41) is 3.81. The molecule has 0 unspecified atom stereocenters. The number of furan rings is 1. The molecule has 0 atom stereocenters. The Morgan fingerprint density at radius 2 is 1.88 bits per heavy atom. The highest BCUT2D eigenvalue weighted by atomic mass is 16.3. The van der Waals surface area contributed by atoms with Gasteiger partial charge in [-0.25, -0.2) is 0 Å². The molecule has 0 spiro atoms. The first kappa shape index (κ1) is 18.0. The zero-order valence-electron chi connectivity index (χ0n) is 15.1. The van der Waals surface area contributed by atoms with Gasteiger partial charge in [0.05, 0.1) is 12.7 Å². The highest BCUT2D eigenvalue weighted by Crippen LogP contribution is 2.25. The third kappa shape index (κ3) is 4.16. The Morgan fingerprint density at radius 1 is 1.21 bits per heavy atom. The van der Waals surface area contributed by atoms with Gasteiger partial charge in [-0.05, 0) is 37.1 Å². The zero-order chi connectivity index (χ0) is 17.9. The molecule has 1 aromatic carbocycles. The van der Waals surface area contributed by atoms with Gasteiger partial charge in [0.2, 0.25) is 11.8 Å². The first-order chi connectivity index (χ1) is 11.3. The third-order valence-electron chi connectivity index (χ3n) is 4.31. The van der Waals surface area contributed by atoms with Crippen molar-refractivity contribution in [3.8, 4) is 0 Å². The van der Waals surface area contributed by atoms with E-state index in [1.807, 2.05) is 26.8 Å². The largest absolute Gasteiger partial charge is 0.464 e. The summed E-state index contributed by atoms with van der Waals surface area (Å²) in [6, 6.07) is 4.07. The first-order valence-electron chi connectivity index (χ1n) is 8.28. The lowest BCUT2D eigenvalue weighted by Gasteiger charge is -2.17. The molecule has 0 fully saturated rings. The Labute approximate surface area is 143 Å². The number of nitrogens with zero attached hydrogens (tertiary/aromatic N) is 1. The number of benzene rings is 1. The Bertz CT molecular complexity index is 746. The van der Waals surface area contributed by atoms with E-state index in [9.17, 15) is 9.59 Å². The van der Waals surface area contributed by atoms with Crippen LogP contribution < -0.4 is 5.32 Å². The van der Waals surface area contributed by atoms with Gasteiger partial charge in [-0.1, -0.05) is 13.8 Å². The second-order valence-corrected chi connectivity index (χ2v) is 6.63. The molecule has 5 heteroatoms.